The Morgan fingerprint density at radius 2 is 2.44 bits per heavy atom. The average molecular weight is 223 g/mol. The molecule has 4 heteroatoms. The maximum Gasteiger partial charge on any atom is 0.123 e. The van der Waals surface area contributed by atoms with Crippen molar-refractivity contribution in [1.82, 2.24) is 5.48 Å². The maximum absolute atomic E-state index is 8.77. The summed E-state index contributed by atoms with van der Waals surface area (Å²) in [5.74, 6) is 1.27. The fourth-order valence-electron chi connectivity index (χ4n) is 2.07. The lowest BCUT2D eigenvalue weighted by molar-refractivity contribution is 0.160. The van der Waals surface area contributed by atoms with Crippen LogP contribution in [0.25, 0.3) is 0 Å². The Morgan fingerprint density at radius 3 is 3.06 bits per heavy atom. The second-order valence-electron chi connectivity index (χ2n) is 3.97. The third-order valence-corrected chi connectivity index (χ3v) is 2.98. The van der Waals surface area contributed by atoms with Crippen LogP contribution in [0.4, 0.5) is 0 Å². The molecule has 1 atom stereocenters. The van der Waals surface area contributed by atoms with E-state index in [0.717, 1.165) is 30.9 Å². The Hall–Kier alpha value is -1.10. The lowest BCUT2D eigenvalue weighted by atomic mass is 9.96. The van der Waals surface area contributed by atoms with E-state index >= 15 is 0 Å². The van der Waals surface area contributed by atoms with Crippen molar-refractivity contribution in [3.05, 3.63) is 29.3 Å². The van der Waals surface area contributed by atoms with Crippen molar-refractivity contribution in [2.45, 2.75) is 18.9 Å². The van der Waals surface area contributed by atoms with Crippen LogP contribution in [-0.2, 0) is 11.3 Å². The van der Waals surface area contributed by atoms with Gasteiger partial charge in [0.1, 0.15) is 5.75 Å². The number of rotatable bonds is 4. The molecule has 1 heterocycles. The summed E-state index contributed by atoms with van der Waals surface area (Å²) in [6, 6.07) is 6.08. The van der Waals surface area contributed by atoms with Gasteiger partial charge in [0.15, 0.2) is 0 Å². The van der Waals surface area contributed by atoms with Crippen LogP contribution >= 0.6 is 0 Å². The van der Waals surface area contributed by atoms with Gasteiger partial charge < -0.3 is 14.7 Å². The van der Waals surface area contributed by atoms with Crippen LogP contribution in [0.5, 0.6) is 5.75 Å². The third kappa shape index (κ3) is 2.35. The van der Waals surface area contributed by atoms with Gasteiger partial charge in [-0.15, -0.1) is 0 Å². The quantitative estimate of drug-likeness (QED) is 0.762. The van der Waals surface area contributed by atoms with E-state index in [2.05, 4.69) is 17.6 Å². The SMILES string of the molecule is COc1ccc(C2CCOC2)cc1CNO. The number of ether oxygens (including phenoxy) is 2. The zero-order chi connectivity index (χ0) is 11.4. The van der Waals surface area contributed by atoms with E-state index in [-0.39, 0.29) is 0 Å². The summed E-state index contributed by atoms with van der Waals surface area (Å²) in [6.45, 7) is 2.02. The van der Waals surface area contributed by atoms with Crippen LogP contribution in [0, 0.1) is 0 Å². The molecule has 1 aromatic carbocycles. The van der Waals surface area contributed by atoms with Crippen molar-refractivity contribution in [3.8, 4) is 5.75 Å². The molecule has 0 saturated carbocycles. The van der Waals surface area contributed by atoms with E-state index in [9.17, 15) is 0 Å². The number of benzene rings is 1. The molecule has 2 N–H and O–H groups in total. The van der Waals surface area contributed by atoms with E-state index in [1.54, 1.807) is 7.11 Å². The second-order valence-corrected chi connectivity index (χ2v) is 3.97. The summed E-state index contributed by atoms with van der Waals surface area (Å²) < 4.78 is 10.6. The molecular formula is C12H17NO3. The van der Waals surface area contributed by atoms with E-state index in [1.807, 2.05) is 6.07 Å². The van der Waals surface area contributed by atoms with Crippen molar-refractivity contribution in [1.29, 1.82) is 0 Å². The highest BCUT2D eigenvalue weighted by Gasteiger charge is 2.18. The number of nitrogens with one attached hydrogen (secondary N) is 1. The highest BCUT2D eigenvalue weighted by Crippen LogP contribution is 2.29. The molecule has 0 radical (unpaired) electrons. The molecule has 1 fully saturated rings. The minimum absolute atomic E-state index is 0.393. The van der Waals surface area contributed by atoms with Crippen molar-refractivity contribution in [2.24, 2.45) is 0 Å². The summed E-state index contributed by atoms with van der Waals surface area (Å²) in [4.78, 5) is 0. The largest absolute Gasteiger partial charge is 0.496 e. The van der Waals surface area contributed by atoms with Gasteiger partial charge in [0, 0.05) is 24.6 Å². The van der Waals surface area contributed by atoms with E-state index in [1.165, 1.54) is 5.56 Å². The number of hydroxylamine groups is 1. The molecule has 1 saturated heterocycles. The van der Waals surface area contributed by atoms with Crippen LogP contribution in [0.15, 0.2) is 18.2 Å². The zero-order valence-electron chi connectivity index (χ0n) is 9.40. The Balaban J connectivity index is 2.23. The topological polar surface area (TPSA) is 50.7 Å². The average Bonchev–Trinajstić information content (AvgIpc) is 2.83. The smallest absolute Gasteiger partial charge is 0.123 e. The van der Waals surface area contributed by atoms with Gasteiger partial charge in [0.2, 0.25) is 0 Å². The molecule has 1 aromatic rings. The van der Waals surface area contributed by atoms with Gasteiger partial charge in [0.25, 0.3) is 0 Å². The predicted octanol–water partition coefficient (Wildman–Crippen LogP) is 1.68. The Morgan fingerprint density at radius 1 is 1.56 bits per heavy atom. The minimum atomic E-state index is 0.393. The first-order valence-corrected chi connectivity index (χ1v) is 5.46. The fraction of sp³-hybridized carbons (Fsp3) is 0.500. The Labute approximate surface area is 95.1 Å². The third-order valence-electron chi connectivity index (χ3n) is 2.98. The molecule has 0 aliphatic carbocycles. The van der Waals surface area contributed by atoms with Crippen LogP contribution in [0.3, 0.4) is 0 Å². The molecule has 0 bridgehead atoms. The monoisotopic (exact) mass is 223 g/mol. The zero-order valence-corrected chi connectivity index (χ0v) is 9.40. The van der Waals surface area contributed by atoms with Crippen molar-refractivity contribution in [2.75, 3.05) is 20.3 Å². The van der Waals surface area contributed by atoms with Crippen LogP contribution in [-0.4, -0.2) is 25.5 Å². The summed E-state index contributed by atoms with van der Waals surface area (Å²) in [5, 5.41) is 8.77. The van der Waals surface area contributed by atoms with Gasteiger partial charge in [0.05, 0.1) is 13.7 Å². The first kappa shape index (κ1) is 11.4. The van der Waals surface area contributed by atoms with E-state index in [4.69, 9.17) is 14.7 Å². The standard InChI is InChI=1S/C12H17NO3/c1-15-12-3-2-9(6-11(12)7-13-14)10-4-5-16-8-10/h2-3,6,10,13-14H,4-5,7-8H2,1H3. The summed E-state index contributed by atoms with van der Waals surface area (Å²) >= 11 is 0. The summed E-state index contributed by atoms with van der Waals surface area (Å²) in [5.41, 5.74) is 4.39. The lowest BCUT2D eigenvalue weighted by Crippen LogP contribution is -2.09. The predicted molar refractivity (Wildman–Crippen MR) is 59.8 cm³/mol. The van der Waals surface area contributed by atoms with Crippen molar-refractivity contribution >= 4 is 0 Å². The Bertz CT molecular complexity index is 348. The van der Waals surface area contributed by atoms with Gasteiger partial charge in [-0.3, -0.25) is 0 Å². The molecular weight excluding hydrogens is 206 g/mol. The van der Waals surface area contributed by atoms with E-state index in [0.29, 0.717) is 12.5 Å². The highest BCUT2D eigenvalue weighted by molar-refractivity contribution is 5.38. The first-order chi connectivity index (χ1) is 7.85. The van der Waals surface area contributed by atoms with Gasteiger partial charge in [-0.2, -0.15) is 0 Å². The molecule has 1 aliphatic rings. The summed E-state index contributed by atoms with van der Waals surface area (Å²) in [7, 11) is 1.63. The molecule has 1 aliphatic heterocycles. The van der Waals surface area contributed by atoms with E-state index < -0.39 is 0 Å². The number of hydrogen-bond donors (Lipinski definition) is 2. The van der Waals surface area contributed by atoms with Crippen LogP contribution in [0.2, 0.25) is 0 Å². The molecule has 0 spiro atoms. The van der Waals surface area contributed by atoms with Crippen molar-refractivity contribution < 1.29 is 14.7 Å². The summed E-state index contributed by atoms with van der Waals surface area (Å²) in [6.07, 6.45) is 1.07. The Kier molecular flexibility index (Phi) is 3.77. The molecule has 2 rings (SSSR count). The van der Waals surface area contributed by atoms with Gasteiger partial charge in [-0.1, -0.05) is 12.1 Å². The normalized spacial score (nSPS) is 20.0. The fourth-order valence-corrected chi connectivity index (χ4v) is 2.07. The first-order valence-electron chi connectivity index (χ1n) is 5.46. The minimum Gasteiger partial charge on any atom is -0.496 e. The van der Waals surface area contributed by atoms with Crippen LogP contribution in [0.1, 0.15) is 23.5 Å². The number of hydrogen-bond acceptors (Lipinski definition) is 4. The molecule has 16 heavy (non-hydrogen) atoms. The molecule has 0 amide bonds. The highest BCUT2D eigenvalue weighted by atomic mass is 16.5. The number of methoxy groups -OCH3 is 1. The lowest BCUT2D eigenvalue weighted by Gasteiger charge is -2.13. The maximum atomic E-state index is 8.77. The van der Waals surface area contributed by atoms with Crippen LogP contribution < -0.4 is 10.2 Å². The molecule has 4 nitrogen and oxygen atoms in total. The second kappa shape index (κ2) is 5.30. The van der Waals surface area contributed by atoms with Crippen molar-refractivity contribution in [3.63, 3.8) is 0 Å². The molecule has 88 valence electrons. The van der Waals surface area contributed by atoms with Gasteiger partial charge in [-0.05, 0) is 18.1 Å². The molecule has 0 aromatic heterocycles. The van der Waals surface area contributed by atoms with Gasteiger partial charge in [-0.25, -0.2) is 5.48 Å². The van der Waals surface area contributed by atoms with Gasteiger partial charge >= 0.3 is 0 Å². The molecule has 1 unspecified atom stereocenters.